The van der Waals surface area contributed by atoms with Crippen LogP contribution in [0.5, 0.6) is 0 Å². The van der Waals surface area contributed by atoms with E-state index in [0.29, 0.717) is 10.0 Å². The Kier molecular flexibility index (Phi) is 6.33. The van der Waals surface area contributed by atoms with Crippen LogP contribution in [-0.2, 0) is 25.5 Å². The van der Waals surface area contributed by atoms with Crippen molar-refractivity contribution in [1.82, 2.24) is 0 Å². The lowest BCUT2D eigenvalue weighted by atomic mass is 9.83. The van der Waals surface area contributed by atoms with Gasteiger partial charge in [0, 0.05) is 4.47 Å². The molecule has 0 heterocycles. The minimum absolute atomic E-state index is 0.00102. The molecule has 0 saturated carbocycles. The second-order valence-corrected chi connectivity index (χ2v) is 5.64. The molecule has 0 bridgehead atoms. The van der Waals surface area contributed by atoms with Crippen LogP contribution < -0.4 is 0 Å². The molecule has 0 radical (unpaired) electrons. The molecule has 0 aliphatic rings. The highest BCUT2D eigenvalue weighted by molar-refractivity contribution is 9.10. The molecule has 1 aromatic rings. The maximum atomic E-state index is 13.4. The fraction of sp³-hybridized carbons (Fsp3) is 0.467. The zero-order valence-corrected chi connectivity index (χ0v) is 13.8. The average molecular weight is 361 g/mol. The topological polar surface area (TPSA) is 52.6 Å². The van der Waals surface area contributed by atoms with Crippen molar-refractivity contribution in [2.24, 2.45) is 5.41 Å². The Morgan fingerprint density at radius 2 is 1.67 bits per heavy atom. The minimum Gasteiger partial charge on any atom is -0.465 e. The van der Waals surface area contributed by atoms with Crippen LogP contribution in [0.1, 0.15) is 26.3 Å². The van der Waals surface area contributed by atoms with Gasteiger partial charge in [-0.15, -0.1) is 0 Å². The fourth-order valence-corrected chi connectivity index (χ4v) is 2.44. The van der Waals surface area contributed by atoms with Gasteiger partial charge < -0.3 is 9.47 Å². The zero-order valence-electron chi connectivity index (χ0n) is 12.2. The van der Waals surface area contributed by atoms with E-state index < -0.39 is 23.2 Å². The molecule has 4 nitrogen and oxygen atoms in total. The van der Waals surface area contributed by atoms with Gasteiger partial charge in [0.2, 0.25) is 0 Å². The van der Waals surface area contributed by atoms with E-state index in [1.807, 2.05) is 0 Å². The largest absolute Gasteiger partial charge is 0.465 e. The smallest absolute Gasteiger partial charge is 0.323 e. The van der Waals surface area contributed by atoms with E-state index >= 15 is 0 Å². The first kappa shape index (κ1) is 17.6. The number of hydrogen-bond donors (Lipinski definition) is 0. The first-order valence-electron chi connectivity index (χ1n) is 6.63. The third-order valence-corrected chi connectivity index (χ3v) is 3.39. The summed E-state index contributed by atoms with van der Waals surface area (Å²) in [5.74, 6) is -1.80. The maximum absolute atomic E-state index is 13.4. The van der Waals surface area contributed by atoms with Crippen molar-refractivity contribution in [2.75, 3.05) is 13.2 Å². The van der Waals surface area contributed by atoms with E-state index in [-0.39, 0.29) is 19.6 Å². The highest BCUT2D eigenvalue weighted by Gasteiger charge is 2.44. The number of ether oxygens (including phenoxy) is 2. The van der Waals surface area contributed by atoms with Gasteiger partial charge in [-0.2, -0.15) is 0 Å². The molecule has 21 heavy (non-hydrogen) atoms. The van der Waals surface area contributed by atoms with Crippen LogP contribution in [0.3, 0.4) is 0 Å². The molecule has 1 rings (SSSR count). The third-order valence-electron chi connectivity index (χ3n) is 2.93. The summed E-state index contributed by atoms with van der Waals surface area (Å²) in [6, 6.07) is 4.23. The van der Waals surface area contributed by atoms with Crippen LogP contribution in [0, 0.1) is 11.2 Å². The first-order valence-corrected chi connectivity index (χ1v) is 7.42. The summed E-state index contributed by atoms with van der Waals surface area (Å²) in [4.78, 5) is 24.3. The van der Waals surface area contributed by atoms with E-state index in [1.165, 1.54) is 19.1 Å². The molecule has 0 atom stereocenters. The van der Waals surface area contributed by atoms with Gasteiger partial charge in [-0.25, -0.2) is 4.39 Å². The second-order valence-electron chi connectivity index (χ2n) is 4.73. The average Bonchev–Trinajstić information content (AvgIpc) is 2.37. The van der Waals surface area contributed by atoms with Crippen LogP contribution >= 0.6 is 15.9 Å². The Labute approximate surface area is 131 Å². The van der Waals surface area contributed by atoms with Crippen molar-refractivity contribution in [3.05, 3.63) is 34.1 Å². The van der Waals surface area contributed by atoms with Crippen LogP contribution in [0.4, 0.5) is 4.39 Å². The Hall–Kier alpha value is -1.43. The summed E-state index contributed by atoms with van der Waals surface area (Å²) in [5, 5.41) is 0. The SMILES string of the molecule is CCOC(=O)C(C)(Cc1cc(F)cc(Br)c1)C(=O)OCC. The Morgan fingerprint density at radius 3 is 2.10 bits per heavy atom. The summed E-state index contributed by atoms with van der Waals surface area (Å²) >= 11 is 3.18. The van der Waals surface area contributed by atoms with Crippen LogP contribution in [0.25, 0.3) is 0 Å². The molecule has 0 fully saturated rings. The van der Waals surface area contributed by atoms with Gasteiger partial charge in [-0.1, -0.05) is 15.9 Å². The van der Waals surface area contributed by atoms with E-state index in [9.17, 15) is 14.0 Å². The van der Waals surface area contributed by atoms with Gasteiger partial charge in [0.05, 0.1) is 13.2 Å². The Morgan fingerprint density at radius 1 is 1.14 bits per heavy atom. The zero-order chi connectivity index (χ0) is 16.0. The quantitative estimate of drug-likeness (QED) is 0.577. The summed E-state index contributed by atoms with van der Waals surface area (Å²) in [6.07, 6.45) is 0.00102. The van der Waals surface area contributed by atoms with E-state index in [1.54, 1.807) is 19.9 Å². The lowest BCUT2D eigenvalue weighted by Gasteiger charge is -2.25. The maximum Gasteiger partial charge on any atom is 0.323 e. The number of esters is 2. The van der Waals surface area contributed by atoms with Gasteiger partial charge in [-0.3, -0.25) is 9.59 Å². The van der Waals surface area contributed by atoms with Crippen molar-refractivity contribution >= 4 is 27.9 Å². The van der Waals surface area contributed by atoms with Crippen molar-refractivity contribution < 1.29 is 23.5 Å². The number of rotatable bonds is 6. The van der Waals surface area contributed by atoms with Crippen LogP contribution in [0.2, 0.25) is 0 Å². The summed E-state index contributed by atoms with van der Waals surface area (Å²) < 4.78 is 23.9. The summed E-state index contributed by atoms with van der Waals surface area (Å²) in [6.45, 7) is 5.06. The molecule has 6 heteroatoms. The van der Waals surface area contributed by atoms with E-state index in [4.69, 9.17) is 9.47 Å². The molecule has 0 N–H and O–H groups in total. The van der Waals surface area contributed by atoms with Gasteiger partial charge in [0.25, 0.3) is 0 Å². The Balaban J connectivity index is 3.12. The third kappa shape index (κ3) is 4.52. The molecule has 0 aromatic heterocycles. The molecular weight excluding hydrogens is 343 g/mol. The molecule has 0 spiro atoms. The van der Waals surface area contributed by atoms with Crippen molar-refractivity contribution in [2.45, 2.75) is 27.2 Å². The molecule has 0 unspecified atom stereocenters. The van der Waals surface area contributed by atoms with Crippen LogP contribution in [-0.4, -0.2) is 25.2 Å². The number of carbonyl (C=O) groups excluding carboxylic acids is 2. The predicted octanol–water partition coefficient (Wildman–Crippen LogP) is 3.26. The normalized spacial score (nSPS) is 11.1. The van der Waals surface area contributed by atoms with Gasteiger partial charge >= 0.3 is 11.9 Å². The van der Waals surface area contributed by atoms with Crippen molar-refractivity contribution in [1.29, 1.82) is 0 Å². The predicted molar refractivity (Wildman–Crippen MR) is 79.2 cm³/mol. The molecular formula is C15H18BrFO4. The molecule has 0 aliphatic carbocycles. The van der Waals surface area contributed by atoms with Gasteiger partial charge in [0.15, 0.2) is 5.41 Å². The second kappa shape index (κ2) is 7.54. The van der Waals surface area contributed by atoms with Gasteiger partial charge in [0.1, 0.15) is 5.82 Å². The fourth-order valence-electron chi connectivity index (χ4n) is 1.93. The summed E-state index contributed by atoms with van der Waals surface area (Å²) in [5.41, 5.74) is -0.996. The summed E-state index contributed by atoms with van der Waals surface area (Å²) in [7, 11) is 0. The first-order chi connectivity index (χ1) is 9.83. The van der Waals surface area contributed by atoms with Crippen molar-refractivity contribution in [3.8, 4) is 0 Å². The highest BCUT2D eigenvalue weighted by atomic mass is 79.9. The number of benzene rings is 1. The van der Waals surface area contributed by atoms with Crippen molar-refractivity contribution in [3.63, 3.8) is 0 Å². The molecule has 0 aliphatic heterocycles. The molecule has 0 saturated heterocycles. The molecule has 116 valence electrons. The number of hydrogen-bond acceptors (Lipinski definition) is 4. The number of halogens is 2. The molecule has 1 aromatic carbocycles. The van der Waals surface area contributed by atoms with E-state index in [0.717, 1.165) is 0 Å². The number of carbonyl (C=O) groups is 2. The van der Waals surface area contributed by atoms with E-state index in [2.05, 4.69) is 15.9 Å². The molecule has 0 amide bonds. The minimum atomic E-state index is -1.50. The highest BCUT2D eigenvalue weighted by Crippen LogP contribution is 2.28. The lowest BCUT2D eigenvalue weighted by molar-refractivity contribution is -0.170. The monoisotopic (exact) mass is 360 g/mol. The van der Waals surface area contributed by atoms with Gasteiger partial charge in [-0.05, 0) is 51.0 Å². The standard InChI is InChI=1S/C15H18BrFO4/c1-4-20-13(18)15(3,14(19)21-5-2)9-10-6-11(16)8-12(17)7-10/h6-8H,4-5,9H2,1-3H3. The Bertz CT molecular complexity index is 492. The lowest BCUT2D eigenvalue weighted by Crippen LogP contribution is -2.41. The van der Waals surface area contributed by atoms with Crippen LogP contribution in [0.15, 0.2) is 22.7 Å².